The fourth-order valence-electron chi connectivity index (χ4n) is 1.79. The fraction of sp³-hybridized carbons (Fsp3) is 0.111. The molecule has 0 saturated carbocycles. The minimum atomic E-state index is 0.870. The van der Waals surface area contributed by atoms with Gasteiger partial charge in [0.1, 0.15) is 5.75 Å². The van der Waals surface area contributed by atoms with Crippen LogP contribution < -0.4 is 4.74 Å². The first-order chi connectivity index (χ1) is 9.33. The maximum absolute atomic E-state index is 5.14. The Morgan fingerprint density at radius 2 is 1.68 bits per heavy atom. The van der Waals surface area contributed by atoms with E-state index in [0.29, 0.717) is 0 Å². The van der Waals surface area contributed by atoms with E-state index in [0.717, 1.165) is 22.4 Å². The molecule has 0 heterocycles. The van der Waals surface area contributed by atoms with Crippen LogP contribution in [0.1, 0.15) is 23.6 Å². The molecule has 0 atom stereocenters. The van der Waals surface area contributed by atoms with Crippen LogP contribution in [-0.2, 0) is 0 Å². The third-order valence-corrected chi connectivity index (χ3v) is 2.79. The van der Waals surface area contributed by atoms with Gasteiger partial charge in [-0.15, -0.1) is 5.92 Å². The van der Waals surface area contributed by atoms with Gasteiger partial charge in [-0.05, 0) is 36.2 Å². The van der Waals surface area contributed by atoms with E-state index < -0.39 is 0 Å². The van der Waals surface area contributed by atoms with Crippen molar-refractivity contribution < 1.29 is 4.74 Å². The molecule has 0 radical (unpaired) electrons. The Labute approximate surface area is 114 Å². The summed E-state index contributed by atoms with van der Waals surface area (Å²) in [6.07, 6.45) is 4.16. The number of hydrogen-bond donors (Lipinski definition) is 0. The van der Waals surface area contributed by atoms with Crippen LogP contribution in [0.4, 0.5) is 0 Å². The Kier molecular flexibility index (Phi) is 4.42. The maximum atomic E-state index is 5.14. The third-order valence-electron chi connectivity index (χ3n) is 2.79. The van der Waals surface area contributed by atoms with Crippen molar-refractivity contribution in [2.45, 2.75) is 6.92 Å². The topological polar surface area (TPSA) is 9.23 Å². The lowest BCUT2D eigenvalue weighted by Crippen LogP contribution is -1.82. The Bertz CT molecular complexity index is 625. The lowest BCUT2D eigenvalue weighted by atomic mass is 10.1. The van der Waals surface area contributed by atoms with Crippen LogP contribution in [0.5, 0.6) is 5.75 Å². The van der Waals surface area contributed by atoms with Gasteiger partial charge in [0.2, 0.25) is 0 Å². The van der Waals surface area contributed by atoms with Crippen molar-refractivity contribution >= 4 is 12.2 Å². The van der Waals surface area contributed by atoms with Crippen molar-refractivity contribution in [3.8, 4) is 17.6 Å². The Balaban J connectivity index is 2.23. The van der Waals surface area contributed by atoms with E-state index >= 15 is 0 Å². The molecule has 2 rings (SSSR count). The molecule has 94 valence electrons. The van der Waals surface area contributed by atoms with Crippen LogP contribution in [0.25, 0.3) is 12.2 Å². The van der Waals surface area contributed by atoms with Gasteiger partial charge in [0.05, 0.1) is 7.11 Å². The molecule has 0 amide bonds. The minimum absolute atomic E-state index is 0.870. The van der Waals surface area contributed by atoms with Crippen LogP contribution in [0.3, 0.4) is 0 Å². The average Bonchev–Trinajstić information content (AvgIpc) is 2.47. The number of ether oxygens (including phenoxy) is 1. The van der Waals surface area contributed by atoms with Gasteiger partial charge in [-0.2, -0.15) is 0 Å². The lowest BCUT2D eigenvalue weighted by molar-refractivity contribution is 0.415. The van der Waals surface area contributed by atoms with Crippen molar-refractivity contribution in [2.24, 2.45) is 0 Å². The SMILES string of the molecule is CC#Cc1ccccc1/C=C/c1ccc(OC)cc1. The Morgan fingerprint density at radius 1 is 0.947 bits per heavy atom. The monoisotopic (exact) mass is 248 g/mol. The number of rotatable bonds is 3. The standard InChI is InChI=1S/C18H16O/c1-3-6-16-7-4-5-8-17(16)12-9-15-10-13-18(19-2)14-11-15/h4-5,7-14H,1-2H3/b12-9+. The number of methoxy groups -OCH3 is 1. The van der Waals surface area contributed by atoms with E-state index in [4.69, 9.17) is 4.74 Å². The predicted octanol–water partition coefficient (Wildman–Crippen LogP) is 4.24. The summed E-state index contributed by atoms with van der Waals surface area (Å²) < 4.78 is 5.14. The van der Waals surface area contributed by atoms with Gasteiger partial charge in [0.15, 0.2) is 0 Å². The molecule has 0 fully saturated rings. The molecule has 0 N–H and O–H groups in total. The van der Waals surface area contributed by atoms with Crippen molar-refractivity contribution in [3.05, 3.63) is 65.2 Å². The minimum Gasteiger partial charge on any atom is -0.497 e. The Hall–Kier alpha value is -2.46. The summed E-state index contributed by atoms with van der Waals surface area (Å²) in [6.45, 7) is 1.85. The van der Waals surface area contributed by atoms with Crippen LogP contribution in [0.2, 0.25) is 0 Å². The highest BCUT2D eigenvalue weighted by molar-refractivity contribution is 5.73. The van der Waals surface area contributed by atoms with E-state index in [-0.39, 0.29) is 0 Å². The molecule has 0 bridgehead atoms. The molecule has 0 aliphatic heterocycles. The highest BCUT2D eigenvalue weighted by Gasteiger charge is 1.95. The van der Waals surface area contributed by atoms with Gasteiger partial charge in [-0.3, -0.25) is 0 Å². The van der Waals surface area contributed by atoms with Gasteiger partial charge < -0.3 is 4.74 Å². The zero-order valence-corrected chi connectivity index (χ0v) is 11.2. The fourth-order valence-corrected chi connectivity index (χ4v) is 1.79. The smallest absolute Gasteiger partial charge is 0.118 e. The second kappa shape index (κ2) is 6.47. The molecule has 1 nitrogen and oxygen atoms in total. The summed E-state index contributed by atoms with van der Waals surface area (Å²) in [4.78, 5) is 0. The van der Waals surface area contributed by atoms with Gasteiger partial charge >= 0.3 is 0 Å². The van der Waals surface area contributed by atoms with Crippen LogP contribution in [0.15, 0.2) is 48.5 Å². The van der Waals surface area contributed by atoms with Gasteiger partial charge in [-0.25, -0.2) is 0 Å². The van der Waals surface area contributed by atoms with Crippen molar-refractivity contribution in [2.75, 3.05) is 7.11 Å². The van der Waals surface area contributed by atoms with E-state index in [2.05, 4.69) is 30.1 Å². The second-order valence-electron chi connectivity index (χ2n) is 4.07. The highest BCUT2D eigenvalue weighted by Crippen LogP contribution is 2.15. The van der Waals surface area contributed by atoms with Gasteiger partial charge in [0.25, 0.3) is 0 Å². The number of hydrogen-bond acceptors (Lipinski definition) is 1. The van der Waals surface area contributed by atoms with Gasteiger partial charge in [-0.1, -0.05) is 48.4 Å². The van der Waals surface area contributed by atoms with Crippen molar-refractivity contribution in [1.82, 2.24) is 0 Å². The molecular formula is C18H16O. The number of benzene rings is 2. The van der Waals surface area contributed by atoms with Crippen LogP contribution in [0, 0.1) is 11.8 Å². The Morgan fingerprint density at radius 3 is 2.37 bits per heavy atom. The maximum Gasteiger partial charge on any atom is 0.118 e. The average molecular weight is 248 g/mol. The van der Waals surface area contributed by atoms with Crippen molar-refractivity contribution in [1.29, 1.82) is 0 Å². The normalized spacial score (nSPS) is 10.0. The van der Waals surface area contributed by atoms with E-state index in [1.807, 2.05) is 49.4 Å². The summed E-state index contributed by atoms with van der Waals surface area (Å²) in [5.74, 6) is 6.92. The molecule has 2 aromatic rings. The molecule has 2 aromatic carbocycles. The van der Waals surface area contributed by atoms with Gasteiger partial charge in [0, 0.05) is 5.56 Å². The summed E-state index contributed by atoms with van der Waals surface area (Å²) in [5.41, 5.74) is 3.32. The lowest BCUT2D eigenvalue weighted by Gasteiger charge is -2.00. The molecular weight excluding hydrogens is 232 g/mol. The summed E-state index contributed by atoms with van der Waals surface area (Å²) in [7, 11) is 1.67. The first kappa shape index (κ1) is 13.0. The van der Waals surface area contributed by atoms with Crippen LogP contribution >= 0.6 is 0 Å². The second-order valence-corrected chi connectivity index (χ2v) is 4.07. The zero-order valence-electron chi connectivity index (χ0n) is 11.2. The van der Waals surface area contributed by atoms with Crippen LogP contribution in [-0.4, -0.2) is 7.11 Å². The van der Waals surface area contributed by atoms with E-state index in [1.165, 1.54) is 0 Å². The molecule has 0 aliphatic carbocycles. The molecule has 1 heteroatoms. The molecule has 0 spiro atoms. The third kappa shape index (κ3) is 3.50. The quantitative estimate of drug-likeness (QED) is 0.583. The summed E-state index contributed by atoms with van der Waals surface area (Å²) >= 11 is 0. The van der Waals surface area contributed by atoms with E-state index in [1.54, 1.807) is 7.11 Å². The summed E-state index contributed by atoms with van der Waals surface area (Å²) in [5, 5.41) is 0. The first-order valence-corrected chi connectivity index (χ1v) is 6.17. The first-order valence-electron chi connectivity index (χ1n) is 6.17. The highest BCUT2D eigenvalue weighted by atomic mass is 16.5. The molecule has 0 unspecified atom stereocenters. The zero-order chi connectivity index (χ0) is 13.5. The molecule has 0 aliphatic rings. The molecule has 19 heavy (non-hydrogen) atoms. The molecule has 0 saturated heterocycles. The largest absolute Gasteiger partial charge is 0.497 e. The van der Waals surface area contributed by atoms with Crippen molar-refractivity contribution in [3.63, 3.8) is 0 Å². The predicted molar refractivity (Wildman–Crippen MR) is 80.9 cm³/mol. The summed E-state index contributed by atoms with van der Waals surface area (Å²) in [6, 6.07) is 16.1. The molecule has 0 aromatic heterocycles. The van der Waals surface area contributed by atoms with E-state index in [9.17, 15) is 0 Å².